The summed E-state index contributed by atoms with van der Waals surface area (Å²) < 4.78 is 7.05. The molecule has 10 nitrogen and oxygen atoms in total. The Morgan fingerprint density at radius 1 is 1.17 bits per heavy atom. The van der Waals surface area contributed by atoms with E-state index in [4.69, 9.17) is 10.5 Å². The molecule has 10 heteroatoms. The van der Waals surface area contributed by atoms with Crippen LogP contribution >= 0.6 is 0 Å². The number of amides is 2. The molecule has 160 valence electrons. The van der Waals surface area contributed by atoms with Crippen LogP contribution in [0, 0.1) is 6.92 Å². The third-order valence-corrected chi connectivity index (χ3v) is 4.33. The standard InChI is InChI=1S/C20H27N7O3/c1-12-25-26-18-17(22-9-5-6-10-23-19(29)30-20(2,3)4)24-14-8-7-13(16(21)28)11-15(14)27(12)18/h7-8,11H,5-6,9-10H2,1-4H3,(H2,21,28)(H,22,24)(H,23,29). The number of ether oxygens (including phenoxy) is 1. The lowest BCUT2D eigenvalue weighted by Gasteiger charge is -2.19. The third-order valence-electron chi connectivity index (χ3n) is 4.33. The van der Waals surface area contributed by atoms with Crippen molar-refractivity contribution in [2.45, 2.75) is 46.1 Å². The Kier molecular flexibility index (Phi) is 6.04. The number of carbonyl (C=O) groups is 2. The zero-order valence-corrected chi connectivity index (χ0v) is 17.7. The Labute approximate surface area is 174 Å². The molecule has 0 radical (unpaired) electrons. The Balaban J connectivity index is 1.65. The van der Waals surface area contributed by atoms with Crippen molar-refractivity contribution in [2.24, 2.45) is 5.73 Å². The number of hydrogen-bond donors (Lipinski definition) is 3. The fourth-order valence-corrected chi connectivity index (χ4v) is 3.00. The SMILES string of the molecule is Cc1nnc2c(NCCCCNC(=O)OC(C)(C)C)nc3ccc(C(N)=O)cc3n12. The van der Waals surface area contributed by atoms with E-state index in [2.05, 4.69) is 25.8 Å². The van der Waals surface area contributed by atoms with Gasteiger partial charge in [0.05, 0.1) is 11.0 Å². The van der Waals surface area contributed by atoms with Gasteiger partial charge in [-0.25, -0.2) is 9.78 Å². The number of aromatic nitrogens is 4. The minimum Gasteiger partial charge on any atom is -0.444 e. The predicted octanol–water partition coefficient (Wildman–Crippen LogP) is 2.40. The van der Waals surface area contributed by atoms with Crippen LogP contribution < -0.4 is 16.4 Å². The predicted molar refractivity (Wildman–Crippen MR) is 114 cm³/mol. The Bertz CT molecular complexity index is 1090. The highest BCUT2D eigenvalue weighted by Crippen LogP contribution is 2.22. The van der Waals surface area contributed by atoms with E-state index in [0.717, 1.165) is 18.4 Å². The Hall–Kier alpha value is -3.43. The maximum absolute atomic E-state index is 11.6. The van der Waals surface area contributed by atoms with Crippen molar-refractivity contribution in [3.63, 3.8) is 0 Å². The molecular formula is C20H27N7O3. The van der Waals surface area contributed by atoms with Crippen LogP contribution in [0.15, 0.2) is 18.2 Å². The average Bonchev–Trinajstić information content (AvgIpc) is 3.05. The summed E-state index contributed by atoms with van der Waals surface area (Å²) in [6.07, 6.45) is 1.18. The molecule has 0 fully saturated rings. The number of anilines is 1. The molecule has 30 heavy (non-hydrogen) atoms. The Morgan fingerprint density at radius 2 is 1.90 bits per heavy atom. The molecule has 3 aromatic rings. The number of rotatable bonds is 7. The molecular weight excluding hydrogens is 386 g/mol. The summed E-state index contributed by atoms with van der Waals surface area (Å²) in [5.41, 5.74) is 7.29. The second kappa shape index (κ2) is 8.52. The molecule has 0 bridgehead atoms. The first-order chi connectivity index (χ1) is 14.2. The van der Waals surface area contributed by atoms with Crippen molar-refractivity contribution in [1.29, 1.82) is 0 Å². The lowest BCUT2D eigenvalue weighted by atomic mass is 10.2. The van der Waals surface area contributed by atoms with E-state index in [1.165, 1.54) is 0 Å². The van der Waals surface area contributed by atoms with E-state index in [1.807, 2.05) is 32.1 Å². The summed E-state index contributed by atoms with van der Waals surface area (Å²) >= 11 is 0. The number of aryl methyl sites for hydroxylation is 1. The number of benzene rings is 1. The maximum Gasteiger partial charge on any atom is 0.407 e. The summed E-state index contributed by atoms with van der Waals surface area (Å²) in [5.74, 6) is 0.789. The maximum atomic E-state index is 11.6. The highest BCUT2D eigenvalue weighted by molar-refractivity contribution is 5.97. The number of nitrogens with one attached hydrogen (secondary N) is 2. The topological polar surface area (TPSA) is 137 Å². The number of nitrogens with two attached hydrogens (primary N) is 1. The van der Waals surface area contributed by atoms with Crippen LogP contribution in [0.3, 0.4) is 0 Å². The highest BCUT2D eigenvalue weighted by atomic mass is 16.6. The average molecular weight is 413 g/mol. The normalized spacial score (nSPS) is 11.6. The number of unbranched alkanes of at least 4 members (excludes halogenated alkanes) is 1. The van der Waals surface area contributed by atoms with Gasteiger partial charge in [0.2, 0.25) is 11.6 Å². The summed E-state index contributed by atoms with van der Waals surface area (Å²) in [6.45, 7) is 8.49. The Morgan fingerprint density at radius 3 is 2.60 bits per heavy atom. The summed E-state index contributed by atoms with van der Waals surface area (Å²) in [7, 11) is 0. The van der Waals surface area contributed by atoms with E-state index in [9.17, 15) is 9.59 Å². The van der Waals surface area contributed by atoms with Crippen molar-refractivity contribution in [2.75, 3.05) is 18.4 Å². The molecule has 0 saturated carbocycles. The van der Waals surface area contributed by atoms with Gasteiger partial charge in [0.25, 0.3) is 0 Å². The van der Waals surface area contributed by atoms with Crippen molar-refractivity contribution in [3.05, 3.63) is 29.6 Å². The smallest absolute Gasteiger partial charge is 0.407 e. The molecule has 2 amide bonds. The fourth-order valence-electron chi connectivity index (χ4n) is 3.00. The largest absolute Gasteiger partial charge is 0.444 e. The molecule has 0 aliphatic heterocycles. The van der Waals surface area contributed by atoms with Gasteiger partial charge >= 0.3 is 6.09 Å². The molecule has 0 aliphatic carbocycles. The lowest BCUT2D eigenvalue weighted by Crippen LogP contribution is -2.33. The van der Waals surface area contributed by atoms with E-state index in [1.54, 1.807) is 18.2 Å². The van der Waals surface area contributed by atoms with Crippen LogP contribution in [-0.2, 0) is 4.74 Å². The first-order valence-electron chi connectivity index (χ1n) is 9.82. The van der Waals surface area contributed by atoms with Gasteiger partial charge in [-0.15, -0.1) is 10.2 Å². The van der Waals surface area contributed by atoms with Crippen LogP contribution in [0.25, 0.3) is 16.7 Å². The van der Waals surface area contributed by atoms with E-state index < -0.39 is 17.6 Å². The van der Waals surface area contributed by atoms with Crippen LogP contribution in [-0.4, -0.2) is 50.3 Å². The lowest BCUT2D eigenvalue weighted by molar-refractivity contribution is 0.0527. The fraction of sp³-hybridized carbons (Fsp3) is 0.450. The summed E-state index contributed by atoms with van der Waals surface area (Å²) in [6, 6.07) is 5.10. The molecule has 2 aromatic heterocycles. The molecule has 0 aliphatic rings. The second-order valence-corrected chi connectivity index (χ2v) is 8.00. The van der Waals surface area contributed by atoms with Gasteiger partial charge in [0.15, 0.2) is 5.82 Å². The highest BCUT2D eigenvalue weighted by Gasteiger charge is 2.16. The van der Waals surface area contributed by atoms with Crippen molar-refractivity contribution in [1.82, 2.24) is 24.9 Å². The molecule has 0 spiro atoms. The molecule has 1 aromatic carbocycles. The van der Waals surface area contributed by atoms with Gasteiger partial charge in [-0.3, -0.25) is 9.20 Å². The van der Waals surface area contributed by atoms with Gasteiger partial charge in [-0.05, 0) is 58.7 Å². The van der Waals surface area contributed by atoms with Gasteiger partial charge in [-0.1, -0.05) is 0 Å². The monoisotopic (exact) mass is 413 g/mol. The van der Waals surface area contributed by atoms with Gasteiger partial charge in [-0.2, -0.15) is 0 Å². The molecule has 0 unspecified atom stereocenters. The minimum absolute atomic E-state index is 0.400. The minimum atomic E-state index is -0.507. The van der Waals surface area contributed by atoms with Gasteiger partial charge in [0, 0.05) is 18.7 Å². The van der Waals surface area contributed by atoms with E-state index in [0.29, 0.717) is 41.5 Å². The zero-order chi connectivity index (χ0) is 21.9. The van der Waals surface area contributed by atoms with Crippen LogP contribution in [0.4, 0.5) is 10.6 Å². The number of alkyl carbamates (subject to hydrolysis) is 1. The van der Waals surface area contributed by atoms with Crippen molar-refractivity contribution in [3.8, 4) is 0 Å². The van der Waals surface area contributed by atoms with Gasteiger partial charge < -0.3 is 21.1 Å². The summed E-state index contributed by atoms with van der Waals surface area (Å²) in [4.78, 5) is 27.8. The van der Waals surface area contributed by atoms with Gasteiger partial charge in [0.1, 0.15) is 11.4 Å². The first-order valence-corrected chi connectivity index (χ1v) is 9.82. The van der Waals surface area contributed by atoms with E-state index in [-0.39, 0.29) is 0 Å². The molecule has 2 heterocycles. The number of primary amides is 1. The number of carbonyl (C=O) groups excluding carboxylic acids is 2. The number of nitrogens with zero attached hydrogens (tertiary/aromatic N) is 4. The van der Waals surface area contributed by atoms with E-state index >= 15 is 0 Å². The van der Waals surface area contributed by atoms with Crippen molar-refractivity contribution >= 4 is 34.5 Å². The van der Waals surface area contributed by atoms with Crippen LogP contribution in [0.5, 0.6) is 0 Å². The quantitative estimate of drug-likeness (QED) is 0.506. The molecule has 0 saturated heterocycles. The molecule has 3 rings (SSSR count). The second-order valence-electron chi connectivity index (χ2n) is 8.00. The third kappa shape index (κ3) is 4.94. The van der Waals surface area contributed by atoms with Crippen LogP contribution in [0.2, 0.25) is 0 Å². The van der Waals surface area contributed by atoms with Crippen molar-refractivity contribution < 1.29 is 14.3 Å². The summed E-state index contributed by atoms with van der Waals surface area (Å²) in [5, 5.41) is 14.4. The first kappa shape index (κ1) is 21.3. The number of hydrogen-bond acceptors (Lipinski definition) is 7. The van der Waals surface area contributed by atoms with Crippen LogP contribution in [0.1, 0.15) is 49.8 Å². The molecule has 0 atom stereocenters. The number of fused-ring (bicyclic) bond motifs is 3. The zero-order valence-electron chi connectivity index (χ0n) is 17.7. The molecule has 4 N–H and O–H groups in total.